The third kappa shape index (κ3) is 3.77. The highest BCUT2D eigenvalue weighted by Crippen LogP contribution is 2.10. The van der Waals surface area contributed by atoms with Gasteiger partial charge in [-0.25, -0.2) is 4.79 Å². The Morgan fingerprint density at radius 1 is 1.27 bits per heavy atom. The van der Waals surface area contributed by atoms with Gasteiger partial charge in [-0.2, -0.15) is 0 Å². The number of carbonyl (C=O) groups excluding carboxylic acids is 1. The van der Waals surface area contributed by atoms with E-state index in [0.29, 0.717) is 0 Å². The van der Waals surface area contributed by atoms with Gasteiger partial charge in [0.25, 0.3) is 0 Å². The maximum atomic E-state index is 10.8. The summed E-state index contributed by atoms with van der Waals surface area (Å²) in [5.41, 5.74) is 0.907. The first-order chi connectivity index (χ1) is 7.09. The van der Waals surface area contributed by atoms with Crippen molar-refractivity contribution in [1.29, 1.82) is 0 Å². The number of carboxylic acid groups (broad SMARTS) is 1. The zero-order valence-corrected chi connectivity index (χ0v) is 8.43. The molecule has 0 bridgehead atoms. The maximum absolute atomic E-state index is 10.8. The summed E-state index contributed by atoms with van der Waals surface area (Å²) in [6.45, 7) is 1.38. The molecule has 0 aliphatic rings. The zero-order valence-electron chi connectivity index (χ0n) is 8.43. The molecule has 0 fully saturated rings. The van der Waals surface area contributed by atoms with Gasteiger partial charge in [-0.15, -0.1) is 0 Å². The van der Waals surface area contributed by atoms with E-state index in [-0.39, 0.29) is 17.8 Å². The van der Waals surface area contributed by atoms with Crippen LogP contribution in [0.3, 0.4) is 0 Å². The van der Waals surface area contributed by atoms with Crippen LogP contribution in [0.1, 0.15) is 18.9 Å². The van der Waals surface area contributed by atoms with Crippen molar-refractivity contribution in [3.05, 3.63) is 41.5 Å². The molecule has 1 N–H and O–H groups in total. The van der Waals surface area contributed by atoms with Crippen LogP contribution in [0, 0.1) is 0 Å². The molecule has 0 amide bonds. The molecule has 0 heterocycles. The predicted octanol–water partition coefficient (Wildman–Crippen LogP) is 2.13. The molecule has 3 heteroatoms. The van der Waals surface area contributed by atoms with Crippen molar-refractivity contribution in [2.45, 2.75) is 13.3 Å². The molecule has 0 unspecified atom stereocenters. The van der Waals surface area contributed by atoms with Crippen molar-refractivity contribution in [1.82, 2.24) is 0 Å². The van der Waals surface area contributed by atoms with Gasteiger partial charge in [0.1, 0.15) is 5.78 Å². The maximum Gasteiger partial charge on any atom is 0.332 e. The molecule has 0 aliphatic heterocycles. The minimum Gasteiger partial charge on any atom is -0.478 e. The molecule has 0 radical (unpaired) electrons. The zero-order chi connectivity index (χ0) is 11.3. The minimum atomic E-state index is -1.05. The summed E-state index contributed by atoms with van der Waals surface area (Å²) in [5.74, 6) is -1.20. The van der Waals surface area contributed by atoms with E-state index < -0.39 is 5.97 Å². The van der Waals surface area contributed by atoms with E-state index in [2.05, 4.69) is 0 Å². The fourth-order valence-corrected chi connectivity index (χ4v) is 1.21. The number of hydrogen-bond acceptors (Lipinski definition) is 2. The van der Waals surface area contributed by atoms with Gasteiger partial charge in [-0.05, 0) is 18.6 Å². The summed E-state index contributed by atoms with van der Waals surface area (Å²) in [6.07, 6.45) is 1.48. The van der Waals surface area contributed by atoms with E-state index in [4.69, 9.17) is 5.11 Å². The van der Waals surface area contributed by atoms with Crippen LogP contribution in [0.5, 0.6) is 0 Å². The molecule has 15 heavy (non-hydrogen) atoms. The summed E-state index contributed by atoms with van der Waals surface area (Å²) < 4.78 is 0. The quantitative estimate of drug-likeness (QED) is 0.764. The first kappa shape index (κ1) is 11.2. The highest BCUT2D eigenvalue weighted by atomic mass is 16.4. The second-order valence-corrected chi connectivity index (χ2v) is 3.26. The van der Waals surface area contributed by atoms with E-state index in [1.54, 1.807) is 12.1 Å². The number of Topliss-reactive ketones (excluding diaryl/α,β-unsaturated/α-hetero) is 1. The third-order valence-corrected chi connectivity index (χ3v) is 1.85. The van der Waals surface area contributed by atoms with Crippen LogP contribution in [0.25, 0.3) is 6.08 Å². The number of hydrogen-bond donors (Lipinski definition) is 1. The topological polar surface area (TPSA) is 54.4 Å². The average molecular weight is 204 g/mol. The molecule has 3 nitrogen and oxygen atoms in total. The van der Waals surface area contributed by atoms with Crippen molar-refractivity contribution in [2.75, 3.05) is 0 Å². The first-order valence-corrected chi connectivity index (χ1v) is 4.58. The molecule has 0 spiro atoms. The van der Waals surface area contributed by atoms with E-state index in [1.165, 1.54) is 13.0 Å². The Balaban J connectivity index is 2.94. The van der Waals surface area contributed by atoms with Gasteiger partial charge >= 0.3 is 5.97 Å². The lowest BCUT2D eigenvalue weighted by atomic mass is 10.1. The predicted molar refractivity (Wildman–Crippen MR) is 57.4 cm³/mol. The lowest BCUT2D eigenvalue weighted by Crippen LogP contribution is -2.04. The number of carbonyl (C=O) groups is 2. The monoisotopic (exact) mass is 204 g/mol. The number of rotatable bonds is 4. The van der Waals surface area contributed by atoms with Crippen molar-refractivity contribution < 1.29 is 14.7 Å². The molecular formula is C12H12O3. The van der Waals surface area contributed by atoms with Gasteiger partial charge < -0.3 is 5.11 Å². The number of ketones is 1. The molecule has 0 saturated carbocycles. The van der Waals surface area contributed by atoms with E-state index in [0.717, 1.165) is 5.56 Å². The van der Waals surface area contributed by atoms with Crippen LogP contribution in [-0.4, -0.2) is 16.9 Å². The SMILES string of the molecule is CC(=O)CC(=Cc1ccccc1)C(=O)O. The molecular weight excluding hydrogens is 192 g/mol. The summed E-state index contributed by atoms with van der Waals surface area (Å²) >= 11 is 0. The minimum absolute atomic E-state index is 0.0375. The second-order valence-electron chi connectivity index (χ2n) is 3.26. The lowest BCUT2D eigenvalue weighted by molar-refractivity contribution is -0.133. The third-order valence-electron chi connectivity index (χ3n) is 1.85. The highest BCUT2D eigenvalue weighted by molar-refractivity contribution is 5.98. The number of aliphatic carboxylic acids is 1. The fraction of sp³-hybridized carbons (Fsp3) is 0.167. The molecule has 1 aromatic rings. The summed E-state index contributed by atoms with van der Waals surface area (Å²) in [5, 5.41) is 8.86. The normalized spacial score (nSPS) is 11.1. The van der Waals surface area contributed by atoms with E-state index in [9.17, 15) is 9.59 Å². The summed E-state index contributed by atoms with van der Waals surface area (Å²) in [6, 6.07) is 9.08. The smallest absolute Gasteiger partial charge is 0.332 e. The largest absolute Gasteiger partial charge is 0.478 e. The Kier molecular flexibility index (Phi) is 3.80. The number of benzene rings is 1. The molecule has 78 valence electrons. The molecule has 0 atom stereocenters. The number of carboxylic acids is 1. The Hall–Kier alpha value is -1.90. The van der Waals surface area contributed by atoms with Gasteiger partial charge in [-0.1, -0.05) is 30.3 Å². The Morgan fingerprint density at radius 3 is 2.33 bits per heavy atom. The molecule has 1 rings (SSSR count). The van der Waals surface area contributed by atoms with Crippen LogP contribution in [0.2, 0.25) is 0 Å². The molecule has 0 saturated heterocycles. The summed E-state index contributed by atoms with van der Waals surface area (Å²) in [7, 11) is 0. The van der Waals surface area contributed by atoms with Crippen molar-refractivity contribution in [3.8, 4) is 0 Å². The molecule has 0 aliphatic carbocycles. The molecule has 0 aromatic heterocycles. The van der Waals surface area contributed by atoms with E-state index >= 15 is 0 Å². The lowest BCUT2D eigenvalue weighted by Gasteiger charge is -1.99. The Bertz CT molecular complexity index is 391. The fourth-order valence-electron chi connectivity index (χ4n) is 1.21. The van der Waals surface area contributed by atoms with E-state index in [1.807, 2.05) is 18.2 Å². The van der Waals surface area contributed by atoms with Crippen LogP contribution in [0.4, 0.5) is 0 Å². The Labute approximate surface area is 88.0 Å². The van der Waals surface area contributed by atoms with Gasteiger partial charge in [0.2, 0.25) is 0 Å². The van der Waals surface area contributed by atoms with Gasteiger partial charge in [0.05, 0.1) is 0 Å². The van der Waals surface area contributed by atoms with Crippen LogP contribution < -0.4 is 0 Å². The highest BCUT2D eigenvalue weighted by Gasteiger charge is 2.09. The molecule has 1 aromatic carbocycles. The van der Waals surface area contributed by atoms with Crippen LogP contribution in [-0.2, 0) is 9.59 Å². The van der Waals surface area contributed by atoms with Crippen molar-refractivity contribution in [3.63, 3.8) is 0 Å². The van der Waals surface area contributed by atoms with Crippen LogP contribution >= 0.6 is 0 Å². The van der Waals surface area contributed by atoms with Gasteiger partial charge in [0.15, 0.2) is 0 Å². The first-order valence-electron chi connectivity index (χ1n) is 4.58. The van der Waals surface area contributed by atoms with Crippen molar-refractivity contribution >= 4 is 17.8 Å². The van der Waals surface area contributed by atoms with Gasteiger partial charge in [-0.3, -0.25) is 4.79 Å². The van der Waals surface area contributed by atoms with Crippen LogP contribution in [0.15, 0.2) is 35.9 Å². The summed E-state index contributed by atoms with van der Waals surface area (Å²) in [4.78, 5) is 21.7. The van der Waals surface area contributed by atoms with Gasteiger partial charge in [0, 0.05) is 12.0 Å². The standard InChI is InChI=1S/C12H12O3/c1-9(13)7-11(12(14)15)8-10-5-3-2-4-6-10/h2-6,8H,7H2,1H3,(H,14,15). The average Bonchev–Trinajstić information content (AvgIpc) is 2.17. The Morgan fingerprint density at radius 2 is 1.87 bits per heavy atom. The second kappa shape index (κ2) is 5.10. The van der Waals surface area contributed by atoms with Crippen molar-refractivity contribution in [2.24, 2.45) is 0 Å².